The molecular weight excluding hydrogens is 368 g/mol. The second-order valence-corrected chi connectivity index (χ2v) is 6.82. The average molecular weight is 391 g/mol. The second-order valence-electron chi connectivity index (χ2n) is 5.97. The van der Waals surface area contributed by atoms with Gasteiger partial charge in [0.25, 0.3) is 0 Å². The van der Waals surface area contributed by atoms with Crippen molar-refractivity contribution in [2.45, 2.75) is 50.5 Å². The Morgan fingerprint density at radius 2 is 1.91 bits per heavy atom. The number of aliphatic hydroxyl groups excluding tert-OH is 4. The van der Waals surface area contributed by atoms with Gasteiger partial charge in [-0.3, -0.25) is 0 Å². The van der Waals surface area contributed by atoms with Gasteiger partial charge in [-0.25, -0.2) is 0 Å². The molecule has 1 aliphatic rings. The first-order valence-corrected chi connectivity index (χ1v) is 8.36. The number of ether oxygens (including phenoxy) is 2. The van der Waals surface area contributed by atoms with E-state index in [0.717, 1.165) is 10.0 Å². The van der Waals surface area contributed by atoms with Gasteiger partial charge in [-0.2, -0.15) is 0 Å². The minimum absolute atomic E-state index is 0.350. The molecular formula is C16H23BrO6. The van der Waals surface area contributed by atoms with E-state index in [1.54, 1.807) is 0 Å². The highest BCUT2D eigenvalue weighted by atomic mass is 79.9. The Morgan fingerprint density at radius 1 is 1.22 bits per heavy atom. The van der Waals surface area contributed by atoms with Gasteiger partial charge in [0.1, 0.15) is 24.4 Å². The zero-order valence-corrected chi connectivity index (χ0v) is 14.7. The number of rotatable bonds is 5. The van der Waals surface area contributed by atoms with Gasteiger partial charge in [0, 0.05) is 10.0 Å². The number of aliphatic hydroxyl groups is 4. The van der Waals surface area contributed by atoms with Crippen LogP contribution in [0, 0.1) is 0 Å². The van der Waals surface area contributed by atoms with Crippen LogP contribution in [-0.2, 0) is 9.47 Å². The van der Waals surface area contributed by atoms with Crippen LogP contribution in [0.3, 0.4) is 0 Å². The van der Waals surface area contributed by atoms with E-state index < -0.39 is 43.9 Å². The van der Waals surface area contributed by atoms with Gasteiger partial charge in [0.05, 0.1) is 13.2 Å². The van der Waals surface area contributed by atoms with E-state index in [1.165, 1.54) is 0 Å². The molecule has 7 heteroatoms. The first kappa shape index (κ1) is 18.8. The van der Waals surface area contributed by atoms with Crippen LogP contribution in [0.1, 0.15) is 37.2 Å². The Hall–Kier alpha value is -0.540. The zero-order valence-electron chi connectivity index (χ0n) is 13.1. The van der Waals surface area contributed by atoms with E-state index in [2.05, 4.69) is 29.8 Å². The van der Waals surface area contributed by atoms with Crippen LogP contribution in [0.15, 0.2) is 22.7 Å². The van der Waals surface area contributed by atoms with E-state index in [1.807, 2.05) is 18.2 Å². The summed E-state index contributed by atoms with van der Waals surface area (Å²) < 4.78 is 12.1. The normalized spacial score (nSPS) is 29.7. The first-order valence-electron chi connectivity index (χ1n) is 7.57. The molecule has 1 aromatic rings. The number of benzene rings is 1. The van der Waals surface area contributed by atoms with Gasteiger partial charge in [-0.15, -0.1) is 0 Å². The standard InChI is InChI=1S/C16H23BrO6/c1-8(2)10-4-3-9(5-11(10)17)16-22-13(7-19)14(21)15(23-16)12(20)6-18/h3-5,8,12-16,18-21H,6-7H2,1-2H3/t12-,13+,14-,15?,16?/m1/s1. The molecule has 0 spiro atoms. The van der Waals surface area contributed by atoms with E-state index in [-0.39, 0.29) is 0 Å². The maximum Gasteiger partial charge on any atom is 0.185 e. The summed E-state index contributed by atoms with van der Waals surface area (Å²) in [6, 6.07) is 5.65. The third-order valence-electron chi connectivity index (χ3n) is 3.96. The van der Waals surface area contributed by atoms with Crippen molar-refractivity contribution in [2.75, 3.05) is 13.2 Å². The fourth-order valence-corrected chi connectivity index (χ4v) is 3.45. The number of hydrogen-bond donors (Lipinski definition) is 4. The predicted octanol–water partition coefficient (Wildman–Crippen LogP) is 1.06. The Balaban J connectivity index is 2.26. The number of hydrogen-bond acceptors (Lipinski definition) is 6. The molecule has 23 heavy (non-hydrogen) atoms. The largest absolute Gasteiger partial charge is 0.394 e. The molecule has 0 bridgehead atoms. The lowest BCUT2D eigenvalue weighted by atomic mass is 9.99. The SMILES string of the molecule is CC(C)c1ccc(C2OC([C@H](O)CO)[C@H](O)[C@H](CO)O2)cc1Br. The van der Waals surface area contributed by atoms with Gasteiger partial charge in [0.2, 0.25) is 0 Å². The first-order chi connectivity index (χ1) is 10.9. The molecule has 6 nitrogen and oxygen atoms in total. The lowest BCUT2D eigenvalue weighted by molar-refractivity contribution is -0.310. The smallest absolute Gasteiger partial charge is 0.185 e. The van der Waals surface area contributed by atoms with Gasteiger partial charge in [-0.05, 0) is 17.5 Å². The van der Waals surface area contributed by atoms with Crippen molar-refractivity contribution in [1.82, 2.24) is 0 Å². The highest BCUT2D eigenvalue weighted by Crippen LogP contribution is 2.34. The molecule has 0 saturated carbocycles. The lowest BCUT2D eigenvalue weighted by Gasteiger charge is -2.40. The minimum Gasteiger partial charge on any atom is -0.394 e. The summed E-state index contributed by atoms with van der Waals surface area (Å²) in [6.45, 7) is 3.20. The van der Waals surface area contributed by atoms with E-state index in [0.29, 0.717) is 11.5 Å². The molecule has 0 aliphatic carbocycles. The average Bonchev–Trinajstić information content (AvgIpc) is 2.53. The second kappa shape index (κ2) is 8.02. The molecule has 1 saturated heterocycles. The summed E-state index contributed by atoms with van der Waals surface area (Å²) in [4.78, 5) is 0. The molecule has 1 fully saturated rings. The van der Waals surface area contributed by atoms with Gasteiger partial charge < -0.3 is 29.9 Å². The van der Waals surface area contributed by atoms with Crippen molar-refractivity contribution >= 4 is 15.9 Å². The quantitative estimate of drug-likeness (QED) is 0.599. The summed E-state index contributed by atoms with van der Waals surface area (Å²) >= 11 is 3.52. The van der Waals surface area contributed by atoms with E-state index >= 15 is 0 Å². The van der Waals surface area contributed by atoms with E-state index in [9.17, 15) is 15.3 Å². The summed E-state index contributed by atoms with van der Waals surface area (Å²) in [6.07, 6.45) is -5.28. The van der Waals surface area contributed by atoms with E-state index in [4.69, 9.17) is 14.6 Å². The molecule has 0 radical (unpaired) electrons. The number of halogens is 1. The van der Waals surface area contributed by atoms with Crippen molar-refractivity contribution in [3.8, 4) is 0 Å². The van der Waals surface area contributed by atoms with Crippen LogP contribution in [0.2, 0.25) is 0 Å². The Morgan fingerprint density at radius 3 is 2.43 bits per heavy atom. The highest BCUT2D eigenvalue weighted by molar-refractivity contribution is 9.10. The molecule has 2 rings (SSSR count). The Bertz CT molecular complexity index is 523. The highest BCUT2D eigenvalue weighted by Gasteiger charge is 2.42. The Labute approximate surface area is 143 Å². The van der Waals surface area contributed by atoms with Gasteiger partial charge in [-0.1, -0.05) is 41.9 Å². The molecule has 0 aromatic heterocycles. The Kier molecular flexibility index (Phi) is 6.56. The molecule has 5 atom stereocenters. The van der Waals surface area contributed by atoms with Crippen molar-refractivity contribution < 1.29 is 29.9 Å². The van der Waals surface area contributed by atoms with Crippen molar-refractivity contribution in [3.05, 3.63) is 33.8 Å². The minimum atomic E-state index is -1.26. The maximum atomic E-state index is 10.1. The van der Waals surface area contributed by atoms with Crippen LogP contribution in [0.5, 0.6) is 0 Å². The molecule has 1 heterocycles. The molecule has 0 amide bonds. The maximum absolute atomic E-state index is 10.1. The predicted molar refractivity (Wildman–Crippen MR) is 86.9 cm³/mol. The molecule has 1 aliphatic heterocycles. The molecule has 130 valence electrons. The zero-order chi connectivity index (χ0) is 17.1. The van der Waals surface area contributed by atoms with Crippen LogP contribution in [0.4, 0.5) is 0 Å². The van der Waals surface area contributed by atoms with Gasteiger partial charge in [0.15, 0.2) is 6.29 Å². The fourth-order valence-electron chi connectivity index (χ4n) is 2.59. The fraction of sp³-hybridized carbons (Fsp3) is 0.625. The summed E-state index contributed by atoms with van der Waals surface area (Å²) in [5.41, 5.74) is 1.83. The van der Waals surface area contributed by atoms with Crippen molar-refractivity contribution in [1.29, 1.82) is 0 Å². The van der Waals surface area contributed by atoms with Crippen LogP contribution < -0.4 is 0 Å². The van der Waals surface area contributed by atoms with Crippen LogP contribution in [0.25, 0.3) is 0 Å². The summed E-state index contributed by atoms with van der Waals surface area (Å²) in [7, 11) is 0. The van der Waals surface area contributed by atoms with Gasteiger partial charge >= 0.3 is 0 Å². The monoisotopic (exact) mass is 390 g/mol. The molecule has 2 unspecified atom stereocenters. The molecule has 1 aromatic carbocycles. The topological polar surface area (TPSA) is 99.4 Å². The summed E-state index contributed by atoms with van der Waals surface area (Å²) in [5.74, 6) is 0.350. The third kappa shape index (κ3) is 4.11. The van der Waals surface area contributed by atoms with Crippen LogP contribution in [-0.4, -0.2) is 58.1 Å². The van der Waals surface area contributed by atoms with Crippen molar-refractivity contribution in [3.63, 3.8) is 0 Å². The van der Waals surface area contributed by atoms with Crippen LogP contribution >= 0.6 is 15.9 Å². The summed E-state index contributed by atoms with van der Waals surface area (Å²) in [5, 5.41) is 38.4. The third-order valence-corrected chi connectivity index (χ3v) is 4.65. The lowest BCUT2D eigenvalue weighted by Crippen LogP contribution is -2.54. The molecule has 4 N–H and O–H groups in total. The van der Waals surface area contributed by atoms with Crippen molar-refractivity contribution in [2.24, 2.45) is 0 Å².